The molecule has 0 aromatic heterocycles. The number of aryl methyl sites for hydroxylation is 1. The average Bonchev–Trinajstić information content (AvgIpc) is 2.39. The Hall–Kier alpha value is -1.07. The van der Waals surface area contributed by atoms with E-state index in [9.17, 15) is 8.42 Å². The summed E-state index contributed by atoms with van der Waals surface area (Å²) in [4.78, 5) is 2.15. The molecule has 0 saturated heterocycles. The first-order chi connectivity index (χ1) is 9.46. The van der Waals surface area contributed by atoms with E-state index in [1.165, 1.54) is 19.3 Å². The third-order valence-electron chi connectivity index (χ3n) is 3.94. The van der Waals surface area contributed by atoms with E-state index < -0.39 is 10.1 Å². The Kier molecular flexibility index (Phi) is 5.05. The molecule has 20 heavy (non-hydrogen) atoms. The summed E-state index contributed by atoms with van der Waals surface area (Å²) in [5.74, 6) is -0.211. The van der Waals surface area contributed by atoms with Crippen molar-refractivity contribution in [1.29, 1.82) is 0 Å². The van der Waals surface area contributed by atoms with Crippen LogP contribution >= 0.6 is 0 Å². The molecular weight excluding hydrogens is 274 g/mol. The molecule has 1 aliphatic rings. The van der Waals surface area contributed by atoms with Crippen LogP contribution in [0, 0.1) is 6.92 Å². The Morgan fingerprint density at radius 3 is 2.55 bits per heavy atom. The van der Waals surface area contributed by atoms with Crippen LogP contribution in [0.25, 0.3) is 0 Å². The van der Waals surface area contributed by atoms with Crippen LogP contribution in [0.4, 0.5) is 5.69 Å². The minimum atomic E-state index is -3.92. The number of rotatable bonds is 5. The van der Waals surface area contributed by atoms with Gasteiger partial charge in [-0.1, -0.05) is 31.4 Å². The number of nitrogens with zero attached hydrogens (tertiary/aromatic N) is 1. The van der Waals surface area contributed by atoms with Gasteiger partial charge in [0.1, 0.15) is 0 Å². The van der Waals surface area contributed by atoms with Crippen LogP contribution in [0.5, 0.6) is 0 Å². The molecule has 0 radical (unpaired) electrons. The topological polar surface area (TPSA) is 57.6 Å². The fraction of sp³-hybridized carbons (Fsp3) is 0.600. The molecule has 0 spiro atoms. The van der Waals surface area contributed by atoms with Gasteiger partial charge in [0, 0.05) is 18.3 Å². The summed E-state index contributed by atoms with van der Waals surface area (Å²) in [7, 11) is -3.92. The lowest BCUT2D eigenvalue weighted by molar-refractivity contribution is 0.416. The molecule has 1 aromatic carbocycles. The Labute approximate surface area is 121 Å². The maximum atomic E-state index is 11.0. The van der Waals surface area contributed by atoms with Gasteiger partial charge in [-0.25, -0.2) is 0 Å². The maximum absolute atomic E-state index is 11.0. The highest BCUT2D eigenvalue weighted by atomic mass is 32.2. The van der Waals surface area contributed by atoms with E-state index in [0.29, 0.717) is 12.6 Å². The third-order valence-corrected chi connectivity index (χ3v) is 4.64. The van der Waals surface area contributed by atoms with Gasteiger partial charge in [0.2, 0.25) is 0 Å². The molecule has 5 heteroatoms. The van der Waals surface area contributed by atoms with E-state index in [0.717, 1.165) is 24.1 Å². The van der Waals surface area contributed by atoms with Crippen LogP contribution in [0.15, 0.2) is 24.3 Å². The van der Waals surface area contributed by atoms with E-state index in [4.69, 9.17) is 4.55 Å². The summed E-state index contributed by atoms with van der Waals surface area (Å²) < 4.78 is 31.1. The number of hydrogen-bond acceptors (Lipinski definition) is 3. The van der Waals surface area contributed by atoms with Crippen LogP contribution in [-0.4, -0.2) is 31.3 Å². The van der Waals surface area contributed by atoms with Gasteiger partial charge < -0.3 is 4.90 Å². The maximum Gasteiger partial charge on any atom is 0.266 e. The number of benzene rings is 1. The summed E-state index contributed by atoms with van der Waals surface area (Å²) in [5.41, 5.74) is 2.22. The van der Waals surface area contributed by atoms with Crippen molar-refractivity contribution < 1.29 is 13.0 Å². The van der Waals surface area contributed by atoms with Crippen LogP contribution in [0.1, 0.15) is 37.7 Å². The van der Waals surface area contributed by atoms with Gasteiger partial charge in [0.25, 0.3) is 10.1 Å². The van der Waals surface area contributed by atoms with E-state index in [1.54, 1.807) is 0 Å². The first kappa shape index (κ1) is 15.3. The van der Waals surface area contributed by atoms with Crippen LogP contribution < -0.4 is 4.90 Å². The molecule has 2 rings (SSSR count). The van der Waals surface area contributed by atoms with Gasteiger partial charge in [-0.15, -0.1) is 0 Å². The van der Waals surface area contributed by atoms with Gasteiger partial charge in [0.15, 0.2) is 0 Å². The zero-order valence-corrected chi connectivity index (χ0v) is 12.8. The molecule has 1 N–H and O–H groups in total. The van der Waals surface area contributed by atoms with Crippen molar-refractivity contribution in [3.8, 4) is 0 Å². The Bertz CT molecular complexity index is 536. The highest BCUT2D eigenvalue weighted by Gasteiger charge is 2.22. The lowest BCUT2D eigenvalue weighted by atomic mass is 9.93. The molecule has 1 aromatic rings. The van der Waals surface area contributed by atoms with E-state index >= 15 is 0 Å². The van der Waals surface area contributed by atoms with Crippen molar-refractivity contribution in [1.82, 2.24) is 0 Å². The van der Waals surface area contributed by atoms with Crippen molar-refractivity contribution >= 4 is 15.8 Å². The second kappa shape index (κ2) is 6.59. The second-order valence-corrected chi connectivity index (χ2v) is 7.18. The summed E-state index contributed by atoms with van der Waals surface area (Å²) >= 11 is 0. The largest absolute Gasteiger partial charge is 0.367 e. The smallest absolute Gasteiger partial charge is 0.266 e. The molecule has 0 heterocycles. The van der Waals surface area contributed by atoms with E-state index in [2.05, 4.69) is 11.0 Å². The predicted octanol–water partition coefficient (Wildman–Crippen LogP) is 3.02. The molecular formula is C15H23NO3S. The van der Waals surface area contributed by atoms with Crippen LogP contribution in [0.2, 0.25) is 0 Å². The summed E-state index contributed by atoms with van der Waals surface area (Å²) in [6, 6.07) is 8.51. The van der Waals surface area contributed by atoms with Gasteiger partial charge in [0.05, 0.1) is 5.75 Å². The van der Waals surface area contributed by atoms with E-state index in [1.807, 2.05) is 25.1 Å². The lowest BCUT2D eigenvalue weighted by Gasteiger charge is -2.36. The van der Waals surface area contributed by atoms with Crippen molar-refractivity contribution in [2.45, 2.75) is 45.1 Å². The van der Waals surface area contributed by atoms with Gasteiger partial charge in [-0.05, 0) is 37.5 Å². The molecule has 1 fully saturated rings. The van der Waals surface area contributed by atoms with Crippen LogP contribution in [-0.2, 0) is 10.1 Å². The Balaban J connectivity index is 2.18. The zero-order chi connectivity index (χ0) is 14.6. The molecule has 4 nitrogen and oxygen atoms in total. The minimum absolute atomic E-state index is 0.211. The van der Waals surface area contributed by atoms with Crippen molar-refractivity contribution in [3.63, 3.8) is 0 Å². The lowest BCUT2D eigenvalue weighted by Crippen LogP contribution is -2.40. The van der Waals surface area contributed by atoms with Crippen LogP contribution in [0.3, 0.4) is 0 Å². The normalized spacial score (nSPS) is 17.1. The van der Waals surface area contributed by atoms with Crippen molar-refractivity contribution in [2.24, 2.45) is 0 Å². The monoisotopic (exact) mass is 297 g/mol. The average molecular weight is 297 g/mol. The molecule has 0 atom stereocenters. The fourth-order valence-corrected chi connectivity index (χ4v) is 3.36. The minimum Gasteiger partial charge on any atom is -0.367 e. The SMILES string of the molecule is Cc1cccc(N(CCS(=O)(=O)O)C2CCCCC2)c1. The Morgan fingerprint density at radius 1 is 1.25 bits per heavy atom. The molecule has 0 bridgehead atoms. The highest BCUT2D eigenvalue weighted by Crippen LogP contribution is 2.27. The van der Waals surface area contributed by atoms with E-state index in [-0.39, 0.29) is 5.75 Å². The summed E-state index contributed by atoms with van der Waals surface area (Å²) in [5, 5.41) is 0. The molecule has 1 saturated carbocycles. The second-order valence-electron chi connectivity index (χ2n) is 5.61. The first-order valence-corrected chi connectivity index (χ1v) is 8.85. The van der Waals surface area contributed by atoms with Crippen molar-refractivity contribution in [2.75, 3.05) is 17.2 Å². The molecule has 112 valence electrons. The summed E-state index contributed by atoms with van der Waals surface area (Å²) in [6.07, 6.45) is 5.84. The third kappa shape index (κ3) is 4.49. The number of anilines is 1. The summed E-state index contributed by atoms with van der Waals surface area (Å²) in [6.45, 7) is 2.39. The zero-order valence-electron chi connectivity index (χ0n) is 12.0. The van der Waals surface area contributed by atoms with Gasteiger partial charge in [-0.2, -0.15) is 8.42 Å². The molecule has 0 aliphatic heterocycles. The first-order valence-electron chi connectivity index (χ1n) is 7.24. The van der Waals surface area contributed by atoms with Gasteiger partial charge in [-0.3, -0.25) is 4.55 Å². The Morgan fingerprint density at radius 2 is 1.95 bits per heavy atom. The van der Waals surface area contributed by atoms with Crippen molar-refractivity contribution in [3.05, 3.63) is 29.8 Å². The standard InChI is InChI=1S/C15H23NO3S/c1-13-6-5-9-15(12-13)16(10-11-20(17,18)19)14-7-3-2-4-8-14/h5-6,9,12,14H,2-4,7-8,10-11H2,1H3,(H,17,18,19). The fourth-order valence-electron chi connectivity index (χ4n) is 2.94. The highest BCUT2D eigenvalue weighted by molar-refractivity contribution is 7.85. The quantitative estimate of drug-likeness (QED) is 0.849. The molecule has 0 amide bonds. The van der Waals surface area contributed by atoms with Gasteiger partial charge >= 0.3 is 0 Å². The molecule has 1 aliphatic carbocycles. The molecule has 0 unspecified atom stereocenters. The number of hydrogen-bond donors (Lipinski definition) is 1. The predicted molar refractivity (Wildman–Crippen MR) is 81.8 cm³/mol.